The summed E-state index contributed by atoms with van der Waals surface area (Å²) >= 11 is 5.92. The van der Waals surface area contributed by atoms with Gasteiger partial charge in [-0.15, -0.1) is 0 Å². The van der Waals surface area contributed by atoms with Gasteiger partial charge in [-0.1, -0.05) is 32.0 Å². The summed E-state index contributed by atoms with van der Waals surface area (Å²) in [5.41, 5.74) is 5.59. The van der Waals surface area contributed by atoms with Crippen LogP contribution in [0.15, 0.2) is 28.6 Å². The van der Waals surface area contributed by atoms with Crippen LogP contribution in [0, 0.1) is 0 Å². The molecule has 2 heterocycles. The molecule has 9 heteroatoms. The topological polar surface area (TPSA) is 101 Å². The highest BCUT2D eigenvalue weighted by Gasteiger charge is 2.32. The molecule has 0 aromatic carbocycles. The zero-order valence-electron chi connectivity index (χ0n) is 12.1. The highest BCUT2D eigenvalue weighted by atomic mass is 35.5. The Balaban J connectivity index is 0.00000106. The van der Waals surface area contributed by atoms with Crippen molar-refractivity contribution in [1.82, 2.24) is 4.90 Å². The van der Waals surface area contributed by atoms with E-state index < -0.39 is 8.60 Å². The first-order valence-corrected chi connectivity index (χ1v) is 8.17. The number of hydrogen-bond acceptors (Lipinski definition) is 7. The zero-order chi connectivity index (χ0) is 16.0. The van der Waals surface area contributed by atoms with Crippen LogP contribution < -0.4 is 5.73 Å². The predicted octanol–water partition coefficient (Wildman–Crippen LogP) is 1.97. The molecule has 1 fully saturated rings. The Morgan fingerprint density at radius 2 is 2.24 bits per heavy atom. The van der Waals surface area contributed by atoms with Gasteiger partial charge < -0.3 is 29.7 Å². The molecule has 120 valence electrons. The third kappa shape index (κ3) is 5.21. The highest BCUT2D eigenvalue weighted by molar-refractivity contribution is 7.39. The van der Waals surface area contributed by atoms with Crippen LogP contribution in [0.25, 0.3) is 0 Å². The van der Waals surface area contributed by atoms with E-state index in [1.54, 1.807) is 11.1 Å². The van der Waals surface area contributed by atoms with Crippen LogP contribution in [0.2, 0.25) is 0 Å². The van der Waals surface area contributed by atoms with Crippen LogP contribution in [0.1, 0.15) is 26.7 Å². The van der Waals surface area contributed by atoms with Gasteiger partial charge in [0.2, 0.25) is 0 Å². The molecule has 0 aromatic heterocycles. The maximum atomic E-state index is 8.69. The number of halogens is 1. The van der Waals surface area contributed by atoms with Gasteiger partial charge in [-0.3, -0.25) is 0 Å². The Bertz CT molecular complexity index is 431. The van der Waals surface area contributed by atoms with Gasteiger partial charge in [0.05, 0.1) is 17.7 Å². The van der Waals surface area contributed by atoms with Crippen LogP contribution >= 0.6 is 20.2 Å². The SMILES string of the molecule is C=C1N=C(N)C(Cl)=CN1C1CCC(COP(O)O)O1.CC. The maximum absolute atomic E-state index is 8.69. The lowest BCUT2D eigenvalue weighted by Crippen LogP contribution is -2.34. The first-order valence-electron chi connectivity index (χ1n) is 6.62. The van der Waals surface area contributed by atoms with Crippen molar-refractivity contribution in [2.24, 2.45) is 10.7 Å². The molecule has 2 atom stereocenters. The Morgan fingerprint density at radius 1 is 1.57 bits per heavy atom. The van der Waals surface area contributed by atoms with E-state index in [-0.39, 0.29) is 24.8 Å². The first-order chi connectivity index (χ1) is 9.97. The second kappa shape index (κ2) is 8.68. The highest BCUT2D eigenvalue weighted by Crippen LogP contribution is 2.31. The van der Waals surface area contributed by atoms with Crippen molar-refractivity contribution in [3.8, 4) is 0 Å². The minimum Gasteiger partial charge on any atom is -0.382 e. The average Bonchev–Trinajstić information content (AvgIpc) is 2.91. The van der Waals surface area contributed by atoms with Crippen LogP contribution in [0.4, 0.5) is 0 Å². The average molecular weight is 338 g/mol. The summed E-state index contributed by atoms with van der Waals surface area (Å²) in [6.07, 6.45) is 2.65. The largest absolute Gasteiger partial charge is 0.382 e. The number of nitrogens with two attached hydrogens (primary N) is 1. The fraction of sp³-hybridized carbons (Fsp3) is 0.583. The molecule has 0 radical (unpaired) electrons. The Morgan fingerprint density at radius 3 is 2.86 bits per heavy atom. The number of nitrogens with zero attached hydrogens (tertiary/aromatic N) is 2. The standard InChI is InChI=1S/C10H15ClN3O4P.C2H6/c1-6-13-10(12)8(11)4-14(6)9-3-2-7(18-9)5-17-19(15)16;1-2/h4,7,9,15-16H,1-3,5H2,(H2,12,13);1-2H3. The predicted molar refractivity (Wildman–Crippen MR) is 83.1 cm³/mol. The van der Waals surface area contributed by atoms with Crippen molar-refractivity contribution >= 4 is 26.0 Å². The van der Waals surface area contributed by atoms with Crippen LogP contribution in [0.5, 0.6) is 0 Å². The molecule has 0 bridgehead atoms. The molecule has 2 aliphatic rings. The molecule has 2 aliphatic heterocycles. The van der Waals surface area contributed by atoms with Gasteiger partial charge in [-0.25, -0.2) is 4.99 Å². The van der Waals surface area contributed by atoms with Crippen molar-refractivity contribution in [3.05, 3.63) is 23.6 Å². The summed E-state index contributed by atoms with van der Waals surface area (Å²) in [5, 5.41) is 0.338. The third-order valence-corrected chi connectivity index (χ3v) is 3.49. The summed E-state index contributed by atoms with van der Waals surface area (Å²) in [6.45, 7) is 7.93. The summed E-state index contributed by atoms with van der Waals surface area (Å²) in [5.74, 6) is 0.687. The second-order valence-electron chi connectivity index (χ2n) is 4.14. The van der Waals surface area contributed by atoms with Gasteiger partial charge in [0, 0.05) is 6.20 Å². The van der Waals surface area contributed by atoms with Crippen molar-refractivity contribution < 1.29 is 19.0 Å². The van der Waals surface area contributed by atoms with E-state index in [2.05, 4.69) is 11.6 Å². The number of rotatable bonds is 4. The molecule has 21 heavy (non-hydrogen) atoms. The Labute approximate surface area is 130 Å². The molecule has 0 saturated carbocycles. The van der Waals surface area contributed by atoms with E-state index in [0.717, 1.165) is 12.8 Å². The summed E-state index contributed by atoms with van der Waals surface area (Å²) < 4.78 is 10.5. The molecular weight excluding hydrogens is 317 g/mol. The Kier molecular flexibility index (Phi) is 7.59. The first kappa shape index (κ1) is 18.4. The van der Waals surface area contributed by atoms with E-state index in [9.17, 15) is 0 Å². The number of aliphatic imine (C=N–C) groups is 1. The van der Waals surface area contributed by atoms with Gasteiger partial charge in [0.25, 0.3) is 0 Å². The maximum Gasteiger partial charge on any atom is 0.327 e. The fourth-order valence-electron chi connectivity index (χ4n) is 1.93. The van der Waals surface area contributed by atoms with E-state index in [0.29, 0.717) is 10.9 Å². The molecular formula is C12H21ClN3O4P. The number of ether oxygens (including phenoxy) is 1. The van der Waals surface area contributed by atoms with Crippen molar-refractivity contribution in [2.75, 3.05) is 6.61 Å². The molecule has 4 N–H and O–H groups in total. The van der Waals surface area contributed by atoms with Crippen molar-refractivity contribution in [1.29, 1.82) is 0 Å². The monoisotopic (exact) mass is 337 g/mol. The molecule has 1 saturated heterocycles. The van der Waals surface area contributed by atoms with Gasteiger partial charge >= 0.3 is 8.60 Å². The zero-order valence-corrected chi connectivity index (χ0v) is 13.7. The molecule has 0 amide bonds. The molecule has 0 spiro atoms. The lowest BCUT2D eigenvalue weighted by Gasteiger charge is -2.29. The molecule has 2 unspecified atom stereocenters. The van der Waals surface area contributed by atoms with Crippen LogP contribution in [-0.2, 0) is 9.26 Å². The molecule has 7 nitrogen and oxygen atoms in total. The van der Waals surface area contributed by atoms with E-state index >= 15 is 0 Å². The summed E-state index contributed by atoms with van der Waals surface area (Å²) in [4.78, 5) is 23.1. The fourth-order valence-corrected chi connectivity index (χ4v) is 2.37. The van der Waals surface area contributed by atoms with Gasteiger partial charge in [-0.05, 0) is 12.8 Å². The normalized spacial score (nSPS) is 25.4. The molecule has 0 aliphatic carbocycles. The lowest BCUT2D eigenvalue weighted by atomic mass is 10.2. The van der Waals surface area contributed by atoms with E-state index in [4.69, 9.17) is 36.4 Å². The molecule has 0 aromatic rings. The van der Waals surface area contributed by atoms with Crippen LogP contribution in [0.3, 0.4) is 0 Å². The minimum absolute atomic E-state index is 0.137. The molecule has 2 rings (SSSR count). The smallest absolute Gasteiger partial charge is 0.327 e. The second-order valence-corrected chi connectivity index (χ2v) is 5.31. The van der Waals surface area contributed by atoms with Gasteiger partial charge in [0.1, 0.15) is 17.9 Å². The van der Waals surface area contributed by atoms with E-state index in [1.165, 1.54) is 0 Å². The summed E-state index contributed by atoms with van der Waals surface area (Å²) in [7, 11) is -2.35. The minimum atomic E-state index is -2.35. The number of amidine groups is 1. The van der Waals surface area contributed by atoms with Crippen molar-refractivity contribution in [2.45, 2.75) is 39.0 Å². The van der Waals surface area contributed by atoms with Crippen molar-refractivity contribution in [3.63, 3.8) is 0 Å². The Hall–Kier alpha value is -0.690. The third-order valence-electron chi connectivity index (χ3n) is 2.82. The van der Waals surface area contributed by atoms with Crippen LogP contribution in [-0.4, -0.2) is 39.5 Å². The van der Waals surface area contributed by atoms with Gasteiger partial charge in [0.15, 0.2) is 0 Å². The number of hydrogen-bond donors (Lipinski definition) is 3. The van der Waals surface area contributed by atoms with Gasteiger partial charge in [-0.2, -0.15) is 0 Å². The lowest BCUT2D eigenvalue weighted by molar-refractivity contribution is -0.0371. The summed E-state index contributed by atoms with van der Waals surface area (Å²) in [6, 6.07) is 0. The quantitative estimate of drug-likeness (QED) is 0.678. The van der Waals surface area contributed by atoms with E-state index in [1.807, 2.05) is 13.8 Å².